The van der Waals surface area contributed by atoms with Crippen molar-refractivity contribution in [1.82, 2.24) is 0 Å². The maximum atomic E-state index is 7.57. The molecule has 0 aliphatic carbocycles. The molecule has 0 aromatic carbocycles. The van der Waals surface area contributed by atoms with Crippen LogP contribution in [0.1, 0.15) is 8.35 Å². The molecule has 0 saturated heterocycles. The predicted molar refractivity (Wildman–Crippen MR) is 21.1 cm³/mol. The first-order valence-corrected chi connectivity index (χ1v) is 1.02. The number of hydrogen-bond donors (Lipinski definition) is 1. The molecule has 5 heavy (non-hydrogen) atoms. The van der Waals surface area contributed by atoms with Crippen LogP contribution in [0.5, 0.6) is 0 Å². The Labute approximate surface area is 82.5 Å². The minimum Gasteiger partial charge on any atom is -1.00 e. The molecule has 1 N–H and O–H groups in total. The van der Waals surface area contributed by atoms with Gasteiger partial charge in [-0.2, -0.15) is 0 Å². The Morgan fingerprint density at radius 3 is 1.80 bits per heavy atom. The molecule has 0 aromatic rings. The van der Waals surface area contributed by atoms with Crippen LogP contribution in [-0.2, 0) is 0 Å². The maximum absolute atomic E-state index is 7.57. The molecular formula is C2H8ClKO. The van der Waals surface area contributed by atoms with Gasteiger partial charge in [-0.15, -0.1) is 12.4 Å². The van der Waals surface area contributed by atoms with E-state index in [0.717, 1.165) is 0 Å². The Balaban J connectivity index is -0.00000000667. The summed E-state index contributed by atoms with van der Waals surface area (Å²) < 4.78 is 0. The normalized spacial score (nSPS) is 3.60. The van der Waals surface area contributed by atoms with Crippen LogP contribution in [0, 0.1) is 0 Å². The first-order valence-electron chi connectivity index (χ1n) is 1.02. The third-order valence-electron chi connectivity index (χ3n) is 0. The van der Waals surface area contributed by atoms with E-state index in [1.807, 2.05) is 0 Å². The second-order valence-corrected chi connectivity index (χ2v) is 0.316. The number of halogens is 1. The Kier molecular flexibility index (Phi) is 53.3. The molecule has 0 fully saturated rings. The van der Waals surface area contributed by atoms with Crippen molar-refractivity contribution < 1.29 is 57.9 Å². The van der Waals surface area contributed by atoms with Crippen LogP contribution in [0.4, 0.5) is 0 Å². The molecule has 0 bridgehead atoms. The zero-order valence-electron chi connectivity index (χ0n) is 4.56. The van der Waals surface area contributed by atoms with Crippen molar-refractivity contribution in [3.8, 4) is 0 Å². The number of rotatable bonds is 0. The summed E-state index contributed by atoms with van der Waals surface area (Å²) in [6, 6.07) is 0. The van der Waals surface area contributed by atoms with Crippen LogP contribution in [0.3, 0.4) is 0 Å². The first-order chi connectivity index (χ1) is 1.41. The molecule has 0 amide bonds. The minimum absolute atomic E-state index is 0. The molecule has 0 unspecified atom stereocenters. The second-order valence-electron chi connectivity index (χ2n) is 0.316. The van der Waals surface area contributed by atoms with Crippen molar-refractivity contribution in [3.05, 3.63) is 0 Å². The minimum atomic E-state index is 0. The third-order valence-corrected chi connectivity index (χ3v) is 0. The average Bonchev–Trinajstić information content (AvgIpc) is 0.918. The molecule has 1 nitrogen and oxygen atoms in total. The van der Waals surface area contributed by atoms with E-state index in [-0.39, 0.29) is 71.8 Å². The Hall–Kier alpha value is 1.89. The van der Waals surface area contributed by atoms with Gasteiger partial charge in [-0.05, 0) is 6.92 Å². The van der Waals surface area contributed by atoms with Gasteiger partial charge in [-0.3, -0.25) is 0 Å². The topological polar surface area (TPSA) is 20.2 Å². The molecule has 30 valence electrons. The molecule has 0 aliphatic heterocycles. The van der Waals surface area contributed by atoms with E-state index >= 15 is 0 Å². The van der Waals surface area contributed by atoms with E-state index in [1.165, 1.54) is 0 Å². The summed E-state index contributed by atoms with van der Waals surface area (Å²) in [7, 11) is 0. The van der Waals surface area contributed by atoms with Gasteiger partial charge in [0.05, 0.1) is 0 Å². The molecule has 3 heteroatoms. The summed E-state index contributed by atoms with van der Waals surface area (Å²) in [4.78, 5) is 0. The first kappa shape index (κ1) is 15.8. The standard InChI is InChI=1S/C2H6O.ClH.K.H/c1-2-3;;;/h3H,2H2,1H3;1H;;/q;;+1;-1. The summed E-state index contributed by atoms with van der Waals surface area (Å²) >= 11 is 0. The maximum Gasteiger partial charge on any atom is 1.00 e. The van der Waals surface area contributed by atoms with Crippen molar-refractivity contribution in [3.63, 3.8) is 0 Å². The van der Waals surface area contributed by atoms with E-state index in [0.29, 0.717) is 0 Å². The van der Waals surface area contributed by atoms with Crippen molar-refractivity contribution in [2.75, 3.05) is 6.61 Å². The van der Waals surface area contributed by atoms with Gasteiger partial charge in [-0.1, -0.05) is 0 Å². The van der Waals surface area contributed by atoms with E-state index in [2.05, 4.69) is 0 Å². The molecule has 0 aromatic heterocycles. The van der Waals surface area contributed by atoms with Gasteiger partial charge in [0.1, 0.15) is 0 Å². The van der Waals surface area contributed by atoms with Gasteiger partial charge in [0.15, 0.2) is 0 Å². The van der Waals surface area contributed by atoms with Crippen LogP contribution in [0.25, 0.3) is 0 Å². The molecule has 0 aliphatic rings. The Morgan fingerprint density at radius 1 is 1.80 bits per heavy atom. The molecule has 0 spiro atoms. The van der Waals surface area contributed by atoms with Crippen molar-refractivity contribution >= 4 is 12.4 Å². The average molecular weight is 123 g/mol. The summed E-state index contributed by atoms with van der Waals surface area (Å²) in [6.07, 6.45) is 0. The zero-order valence-corrected chi connectivity index (χ0v) is 7.50. The van der Waals surface area contributed by atoms with Crippen LogP contribution in [0.2, 0.25) is 0 Å². The van der Waals surface area contributed by atoms with Crippen molar-refractivity contribution in [2.45, 2.75) is 6.92 Å². The van der Waals surface area contributed by atoms with E-state index in [1.54, 1.807) is 6.92 Å². The van der Waals surface area contributed by atoms with Gasteiger partial charge < -0.3 is 6.53 Å². The summed E-state index contributed by atoms with van der Waals surface area (Å²) in [5.41, 5.74) is 0. The quantitative estimate of drug-likeness (QED) is 0.354. The van der Waals surface area contributed by atoms with Crippen LogP contribution < -0.4 is 51.4 Å². The molecule has 0 heterocycles. The van der Waals surface area contributed by atoms with E-state index < -0.39 is 0 Å². The summed E-state index contributed by atoms with van der Waals surface area (Å²) in [5, 5.41) is 7.57. The Bertz CT molecular complexity index is 13.5. The fraction of sp³-hybridized carbons (Fsp3) is 1.00. The summed E-state index contributed by atoms with van der Waals surface area (Å²) in [5.74, 6) is 0. The van der Waals surface area contributed by atoms with Crippen LogP contribution in [0.15, 0.2) is 0 Å². The molecule has 0 atom stereocenters. The van der Waals surface area contributed by atoms with Gasteiger partial charge in [0, 0.05) is 6.61 Å². The molecule has 0 rings (SSSR count). The number of aliphatic hydroxyl groups is 1. The number of hydrogen-bond acceptors (Lipinski definition) is 1. The molecular weight excluding hydrogens is 115 g/mol. The second kappa shape index (κ2) is 16.9. The zero-order chi connectivity index (χ0) is 2.71. The predicted octanol–water partition coefficient (Wildman–Crippen LogP) is -2.46. The summed E-state index contributed by atoms with van der Waals surface area (Å²) in [6.45, 7) is 1.93. The molecule has 0 radical (unpaired) electrons. The van der Waals surface area contributed by atoms with E-state index in [4.69, 9.17) is 5.11 Å². The van der Waals surface area contributed by atoms with Crippen LogP contribution in [-0.4, -0.2) is 11.7 Å². The van der Waals surface area contributed by atoms with Gasteiger partial charge in [-0.25, -0.2) is 0 Å². The van der Waals surface area contributed by atoms with Gasteiger partial charge >= 0.3 is 51.4 Å². The third kappa shape index (κ3) is 25.0. The van der Waals surface area contributed by atoms with Gasteiger partial charge in [0.25, 0.3) is 0 Å². The largest absolute Gasteiger partial charge is 1.00 e. The molecule has 0 saturated carbocycles. The van der Waals surface area contributed by atoms with Crippen molar-refractivity contribution in [1.29, 1.82) is 0 Å². The van der Waals surface area contributed by atoms with E-state index in [9.17, 15) is 0 Å². The monoisotopic (exact) mass is 122 g/mol. The SMILES string of the molecule is CCO.Cl.[H-].[K+]. The fourth-order valence-corrected chi connectivity index (χ4v) is 0. The smallest absolute Gasteiger partial charge is 1.00 e. The number of aliphatic hydroxyl groups excluding tert-OH is 1. The van der Waals surface area contributed by atoms with Gasteiger partial charge in [0.2, 0.25) is 0 Å². The van der Waals surface area contributed by atoms with Crippen molar-refractivity contribution in [2.24, 2.45) is 0 Å². The Morgan fingerprint density at radius 2 is 1.80 bits per heavy atom. The van der Waals surface area contributed by atoms with Crippen LogP contribution >= 0.6 is 12.4 Å². The fourth-order valence-electron chi connectivity index (χ4n) is 0.